The van der Waals surface area contributed by atoms with Crippen molar-refractivity contribution in [3.8, 4) is 5.75 Å². The Morgan fingerprint density at radius 3 is 2.65 bits per heavy atom. The third kappa shape index (κ3) is 2.55. The number of carbonyl (C=O) groups excluding carboxylic acids is 2. The first kappa shape index (κ1) is 13.2. The lowest BCUT2D eigenvalue weighted by molar-refractivity contribution is -0.122. The molecular formula is C16H19NO3. The van der Waals surface area contributed by atoms with Gasteiger partial charge in [0.25, 0.3) is 0 Å². The first-order valence-corrected chi connectivity index (χ1v) is 7.32. The normalized spacial score (nSPS) is 26.0. The summed E-state index contributed by atoms with van der Waals surface area (Å²) in [5, 5.41) is 0. The Morgan fingerprint density at radius 2 is 1.95 bits per heavy atom. The minimum Gasteiger partial charge on any atom is -0.410 e. The van der Waals surface area contributed by atoms with Gasteiger partial charge in [0.15, 0.2) is 0 Å². The standard InChI is InChI=1S/C16H19NO3/c18-15-10-4-8-13(15)14-9-5-11-17(14)16(19)20-12-6-2-1-3-7-12/h1-3,6-7,13-14H,4-5,8-11H2. The SMILES string of the molecule is O=C1CCCC1C1CCCN1C(=O)Oc1ccccc1. The van der Waals surface area contributed by atoms with E-state index in [2.05, 4.69) is 0 Å². The highest BCUT2D eigenvalue weighted by molar-refractivity contribution is 5.84. The number of ether oxygens (including phenoxy) is 1. The lowest BCUT2D eigenvalue weighted by Crippen LogP contribution is -2.42. The number of nitrogens with zero attached hydrogens (tertiary/aromatic N) is 1. The number of hydrogen-bond acceptors (Lipinski definition) is 3. The number of Topliss-reactive ketones (excluding diaryl/α,β-unsaturated/α-hetero) is 1. The first-order valence-electron chi connectivity index (χ1n) is 7.32. The van der Waals surface area contributed by atoms with Crippen molar-refractivity contribution in [2.75, 3.05) is 6.54 Å². The van der Waals surface area contributed by atoms with E-state index in [1.807, 2.05) is 18.2 Å². The summed E-state index contributed by atoms with van der Waals surface area (Å²) in [5.74, 6) is 0.899. The molecule has 1 heterocycles. The molecule has 1 aliphatic heterocycles. The molecule has 0 spiro atoms. The third-order valence-corrected chi connectivity index (χ3v) is 4.30. The van der Waals surface area contributed by atoms with Crippen molar-refractivity contribution in [2.24, 2.45) is 5.92 Å². The smallest absolute Gasteiger partial charge is 0.410 e. The van der Waals surface area contributed by atoms with Gasteiger partial charge in [-0.05, 0) is 37.8 Å². The van der Waals surface area contributed by atoms with Crippen molar-refractivity contribution in [1.82, 2.24) is 4.90 Å². The average molecular weight is 273 g/mol. The highest BCUT2D eigenvalue weighted by Crippen LogP contribution is 2.33. The topological polar surface area (TPSA) is 46.6 Å². The fourth-order valence-corrected chi connectivity index (χ4v) is 3.34. The molecule has 0 radical (unpaired) electrons. The van der Waals surface area contributed by atoms with Crippen LogP contribution in [0.2, 0.25) is 0 Å². The van der Waals surface area contributed by atoms with E-state index in [9.17, 15) is 9.59 Å². The van der Waals surface area contributed by atoms with Gasteiger partial charge in [0.2, 0.25) is 0 Å². The summed E-state index contributed by atoms with van der Waals surface area (Å²) >= 11 is 0. The summed E-state index contributed by atoms with van der Waals surface area (Å²) in [6.45, 7) is 0.695. The monoisotopic (exact) mass is 273 g/mol. The van der Waals surface area contributed by atoms with Gasteiger partial charge in [0.05, 0.1) is 0 Å². The van der Waals surface area contributed by atoms with Crippen molar-refractivity contribution >= 4 is 11.9 Å². The summed E-state index contributed by atoms with van der Waals surface area (Å²) < 4.78 is 5.40. The molecule has 1 aromatic rings. The number of likely N-dealkylation sites (tertiary alicyclic amines) is 1. The molecule has 4 nitrogen and oxygen atoms in total. The van der Waals surface area contributed by atoms with Crippen LogP contribution in [-0.2, 0) is 4.79 Å². The zero-order chi connectivity index (χ0) is 13.9. The molecule has 2 unspecified atom stereocenters. The van der Waals surface area contributed by atoms with Crippen molar-refractivity contribution in [3.05, 3.63) is 30.3 Å². The lowest BCUT2D eigenvalue weighted by Gasteiger charge is -2.27. The maximum absolute atomic E-state index is 12.3. The van der Waals surface area contributed by atoms with Crippen LogP contribution in [-0.4, -0.2) is 29.4 Å². The summed E-state index contributed by atoms with van der Waals surface area (Å²) in [6, 6.07) is 9.14. The number of carbonyl (C=O) groups is 2. The lowest BCUT2D eigenvalue weighted by atomic mass is 9.95. The van der Waals surface area contributed by atoms with Crippen LogP contribution in [0.5, 0.6) is 5.75 Å². The van der Waals surface area contributed by atoms with E-state index in [0.717, 1.165) is 25.7 Å². The van der Waals surface area contributed by atoms with E-state index < -0.39 is 0 Å². The molecule has 4 heteroatoms. The van der Waals surface area contributed by atoms with Crippen molar-refractivity contribution in [2.45, 2.75) is 38.1 Å². The van der Waals surface area contributed by atoms with Gasteiger partial charge < -0.3 is 9.64 Å². The summed E-state index contributed by atoms with van der Waals surface area (Å²) in [7, 11) is 0. The van der Waals surface area contributed by atoms with Gasteiger partial charge in [-0.15, -0.1) is 0 Å². The fraction of sp³-hybridized carbons (Fsp3) is 0.500. The van der Waals surface area contributed by atoms with E-state index in [4.69, 9.17) is 4.74 Å². The van der Waals surface area contributed by atoms with Gasteiger partial charge in [0, 0.05) is 24.9 Å². The van der Waals surface area contributed by atoms with Crippen LogP contribution in [0.1, 0.15) is 32.1 Å². The van der Waals surface area contributed by atoms with E-state index in [1.54, 1.807) is 17.0 Å². The maximum atomic E-state index is 12.3. The Morgan fingerprint density at radius 1 is 1.15 bits per heavy atom. The molecular weight excluding hydrogens is 254 g/mol. The minimum absolute atomic E-state index is 0.0285. The van der Waals surface area contributed by atoms with Gasteiger partial charge in [-0.1, -0.05) is 18.2 Å². The fourth-order valence-electron chi connectivity index (χ4n) is 3.34. The summed E-state index contributed by atoms with van der Waals surface area (Å²) in [6.07, 6.45) is 4.10. The second-order valence-corrected chi connectivity index (χ2v) is 5.55. The molecule has 1 aliphatic carbocycles. The molecule has 0 N–H and O–H groups in total. The highest BCUT2D eigenvalue weighted by Gasteiger charge is 2.40. The molecule has 1 saturated heterocycles. The maximum Gasteiger partial charge on any atom is 0.415 e. The summed E-state index contributed by atoms with van der Waals surface area (Å²) in [5.41, 5.74) is 0. The Hall–Kier alpha value is -1.84. The molecule has 106 valence electrons. The van der Waals surface area contributed by atoms with E-state index in [0.29, 0.717) is 24.5 Å². The van der Waals surface area contributed by atoms with Crippen LogP contribution in [0.4, 0.5) is 4.79 Å². The zero-order valence-electron chi connectivity index (χ0n) is 11.5. The zero-order valence-corrected chi connectivity index (χ0v) is 11.5. The number of hydrogen-bond donors (Lipinski definition) is 0. The van der Waals surface area contributed by atoms with Crippen molar-refractivity contribution in [3.63, 3.8) is 0 Å². The van der Waals surface area contributed by atoms with Gasteiger partial charge >= 0.3 is 6.09 Å². The average Bonchev–Trinajstić information content (AvgIpc) is 3.07. The molecule has 3 rings (SSSR count). The number of rotatable bonds is 2. The van der Waals surface area contributed by atoms with Crippen LogP contribution in [0.15, 0.2) is 30.3 Å². The van der Waals surface area contributed by atoms with Crippen molar-refractivity contribution < 1.29 is 14.3 Å². The Bertz CT molecular complexity index is 500. The molecule has 20 heavy (non-hydrogen) atoms. The molecule has 2 atom stereocenters. The third-order valence-electron chi connectivity index (χ3n) is 4.30. The van der Waals surface area contributed by atoms with E-state index >= 15 is 0 Å². The number of amides is 1. The van der Waals surface area contributed by atoms with Crippen LogP contribution < -0.4 is 4.74 Å². The van der Waals surface area contributed by atoms with E-state index in [1.165, 1.54) is 0 Å². The molecule has 1 amide bonds. The first-order chi connectivity index (χ1) is 9.75. The molecule has 1 saturated carbocycles. The predicted molar refractivity (Wildman–Crippen MR) is 74.5 cm³/mol. The number of benzene rings is 1. The number of ketones is 1. The molecule has 2 aliphatic rings. The van der Waals surface area contributed by atoms with Crippen LogP contribution in [0.25, 0.3) is 0 Å². The van der Waals surface area contributed by atoms with Crippen LogP contribution in [0.3, 0.4) is 0 Å². The predicted octanol–water partition coefficient (Wildman–Crippen LogP) is 3.02. The van der Waals surface area contributed by atoms with Gasteiger partial charge in [-0.2, -0.15) is 0 Å². The van der Waals surface area contributed by atoms with Crippen LogP contribution in [0, 0.1) is 5.92 Å². The second-order valence-electron chi connectivity index (χ2n) is 5.55. The van der Waals surface area contributed by atoms with E-state index in [-0.39, 0.29) is 18.1 Å². The van der Waals surface area contributed by atoms with Gasteiger partial charge in [-0.25, -0.2) is 4.79 Å². The Kier molecular flexibility index (Phi) is 3.72. The molecule has 1 aromatic carbocycles. The van der Waals surface area contributed by atoms with Gasteiger partial charge in [-0.3, -0.25) is 4.79 Å². The Labute approximate surface area is 118 Å². The molecule has 2 fully saturated rings. The largest absolute Gasteiger partial charge is 0.415 e. The number of para-hydroxylation sites is 1. The summed E-state index contributed by atoms with van der Waals surface area (Å²) in [4.78, 5) is 25.9. The molecule has 0 bridgehead atoms. The molecule has 0 aromatic heterocycles. The van der Waals surface area contributed by atoms with Crippen LogP contribution >= 0.6 is 0 Å². The second kappa shape index (κ2) is 5.65. The quantitative estimate of drug-likeness (QED) is 0.832. The van der Waals surface area contributed by atoms with Gasteiger partial charge in [0.1, 0.15) is 11.5 Å². The highest BCUT2D eigenvalue weighted by atomic mass is 16.6. The minimum atomic E-state index is -0.321. The van der Waals surface area contributed by atoms with Crippen molar-refractivity contribution in [1.29, 1.82) is 0 Å². The Balaban J connectivity index is 1.69.